The molecule has 1 aliphatic rings. The summed E-state index contributed by atoms with van der Waals surface area (Å²) in [4.78, 5) is 40.1. The lowest BCUT2D eigenvalue weighted by Crippen LogP contribution is -2.55. The summed E-state index contributed by atoms with van der Waals surface area (Å²) in [5.41, 5.74) is -0.675. The van der Waals surface area contributed by atoms with Crippen molar-refractivity contribution in [3.8, 4) is 5.75 Å². The van der Waals surface area contributed by atoms with Crippen LogP contribution in [0.2, 0.25) is 0 Å². The molecule has 0 spiro atoms. The van der Waals surface area contributed by atoms with Gasteiger partial charge in [0, 0.05) is 11.6 Å². The van der Waals surface area contributed by atoms with Crippen molar-refractivity contribution in [3.05, 3.63) is 29.8 Å². The molecule has 3 amide bonds. The first-order valence-electron chi connectivity index (χ1n) is 10.7. The number of aromatic hydroxyl groups is 1. The molecule has 8 nitrogen and oxygen atoms in total. The molecule has 1 saturated carbocycles. The third kappa shape index (κ3) is 7.45. The van der Waals surface area contributed by atoms with Crippen LogP contribution in [0.3, 0.4) is 0 Å². The number of benzene rings is 1. The minimum Gasteiger partial charge on any atom is -0.508 e. The van der Waals surface area contributed by atoms with Gasteiger partial charge < -0.3 is 25.4 Å². The summed E-state index contributed by atoms with van der Waals surface area (Å²) in [5.74, 6) is -0.706. The molecule has 1 aromatic carbocycles. The molecule has 0 aromatic heterocycles. The van der Waals surface area contributed by atoms with E-state index in [1.807, 2.05) is 20.8 Å². The summed E-state index contributed by atoms with van der Waals surface area (Å²) in [7, 11) is 0. The maximum Gasteiger partial charge on any atom is 0.408 e. The van der Waals surface area contributed by atoms with Crippen LogP contribution >= 0.6 is 0 Å². The zero-order chi connectivity index (χ0) is 23.4. The number of carbonyl (C=O) groups is 3. The van der Waals surface area contributed by atoms with Gasteiger partial charge in [0.2, 0.25) is 11.8 Å². The average molecular weight is 434 g/mol. The predicted octanol–water partition coefficient (Wildman–Crippen LogP) is 3.25. The van der Waals surface area contributed by atoms with Crippen molar-refractivity contribution in [2.75, 3.05) is 6.54 Å². The minimum absolute atomic E-state index is 0.0129. The maximum atomic E-state index is 13.3. The largest absolute Gasteiger partial charge is 0.508 e. The Labute approximate surface area is 184 Å². The number of amides is 3. The van der Waals surface area contributed by atoms with Crippen molar-refractivity contribution in [1.29, 1.82) is 0 Å². The zero-order valence-electron chi connectivity index (χ0n) is 19.3. The Bertz CT molecular complexity index is 806. The van der Waals surface area contributed by atoms with Crippen LogP contribution in [-0.2, 0) is 14.3 Å². The van der Waals surface area contributed by atoms with Crippen LogP contribution in [0.4, 0.5) is 4.79 Å². The number of alkyl carbamates (subject to hydrolysis) is 1. The summed E-state index contributed by atoms with van der Waals surface area (Å²) < 4.78 is 5.21. The molecule has 0 heterocycles. The van der Waals surface area contributed by atoms with E-state index in [2.05, 4.69) is 10.6 Å². The summed E-state index contributed by atoms with van der Waals surface area (Å²) in [5, 5.41) is 15.4. The van der Waals surface area contributed by atoms with E-state index in [0.717, 1.165) is 19.3 Å². The molecule has 1 aliphatic carbocycles. The predicted molar refractivity (Wildman–Crippen MR) is 117 cm³/mol. The molecule has 1 unspecified atom stereocenters. The van der Waals surface area contributed by atoms with E-state index in [4.69, 9.17) is 4.74 Å². The Morgan fingerprint density at radius 1 is 1.16 bits per heavy atom. The highest BCUT2D eigenvalue weighted by atomic mass is 16.6. The maximum absolute atomic E-state index is 13.3. The van der Waals surface area contributed by atoms with Crippen molar-refractivity contribution in [2.24, 2.45) is 0 Å². The van der Waals surface area contributed by atoms with Crippen LogP contribution in [0.15, 0.2) is 24.3 Å². The summed E-state index contributed by atoms with van der Waals surface area (Å²) in [6.07, 6.45) is 1.82. The molecule has 1 aromatic rings. The van der Waals surface area contributed by atoms with Crippen molar-refractivity contribution in [2.45, 2.75) is 84.0 Å². The number of phenols is 1. The number of nitrogens with zero attached hydrogens (tertiary/aromatic N) is 1. The van der Waals surface area contributed by atoms with E-state index in [-0.39, 0.29) is 30.2 Å². The second-order valence-corrected chi connectivity index (χ2v) is 9.98. The van der Waals surface area contributed by atoms with Crippen LogP contribution < -0.4 is 10.6 Å². The fourth-order valence-corrected chi connectivity index (χ4v) is 3.35. The van der Waals surface area contributed by atoms with E-state index >= 15 is 0 Å². The molecule has 0 bridgehead atoms. The first-order chi connectivity index (χ1) is 14.3. The van der Waals surface area contributed by atoms with Gasteiger partial charge in [-0.3, -0.25) is 9.59 Å². The number of ether oxygens (including phenoxy) is 1. The lowest BCUT2D eigenvalue weighted by molar-refractivity contribution is -0.145. The van der Waals surface area contributed by atoms with Gasteiger partial charge in [0.15, 0.2) is 0 Å². The van der Waals surface area contributed by atoms with Crippen molar-refractivity contribution in [1.82, 2.24) is 15.5 Å². The summed E-state index contributed by atoms with van der Waals surface area (Å²) in [6.45, 7) is 10.5. The molecule has 0 radical (unpaired) electrons. The number of carbonyl (C=O) groups excluding carboxylic acids is 3. The van der Waals surface area contributed by atoms with Crippen LogP contribution in [0, 0.1) is 0 Å². The quantitative estimate of drug-likeness (QED) is 0.638. The number of hydrogen-bond donors (Lipinski definition) is 3. The second-order valence-electron chi connectivity index (χ2n) is 9.98. The molecular weight excluding hydrogens is 398 g/mol. The van der Waals surface area contributed by atoms with E-state index in [1.54, 1.807) is 32.9 Å². The molecule has 0 aliphatic heterocycles. The summed E-state index contributed by atoms with van der Waals surface area (Å²) >= 11 is 0. The Kier molecular flexibility index (Phi) is 7.57. The van der Waals surface area contributed by atoms with Crippen LogP contribution in [0.25, 0.3) is 0 Å². The highest BCUT2D eigenvalue weighted by molar-refractivity contribution is 5.91. The van der Waals surface area contributed by atoms with Gasteiger partial charge in [-0.1, -0.05) is 12.1 Å². The fourth-order valence-electron chi connectivity index (χ4n) is 3.35. The summed E-state index contributed by atoms with van der Waals surface area (Å²) in [6, 6.07) is 5.32. The topological polar surface area (TPSA) is 108 Å². The zero-order valence-corrected chi connectivity index (χ0v) is 19.3. The minimum atomic E-state index is -0.926. The lowest BCUT2D eigenvalue weighted by Gasteiger charge is -2.43. The van der Waals surface area contributed by atoms with Gasteiger partial charge in [-0.15, -0.1) is 0 Å². The molecule has 3 N–H and O–H groups in total. The Morgan fingerprint density at radius 3 is 2.29 bits per heavy atom. The number of phenolic OH excluding ortho intramolecular Hbond substituents is 1. The second kappa shape index (κ2) is 9.58. The van der Waals surface area contributed by atoms with E-state index in [0.29, 0.717) is 5.56 Å². The standard InChI is InChI=1S/C23H35N3O5/c1-22(2,3)25-20(29)19(15-9-7-12-17(27)13-15)26(16-10-8-11-16)18(28)14-24-21(30)31-23(4,5)6/h7,9,12-13,16,19,27H,8,10-11,14H2,1-6H3,(H,24,30)(H,25,29). The molecule has 172 valence electrons. The van der Waals surface area contributed by atoms with Crippen LogP contribution in [0.1, 0.15) is 72.4 Å². The average Bonchev–Trinajstić information content (AvgIpc) is 2.54. The fraction of sp³-hybridized carbons (Fsp3) is 0.609. The number of rotatable bonds is 6. The molecule has 1 atom stereocenters. The van der Waals surface area contributed by atoms with Gasteiger partial charge in [-0.2, -0.15) is 0 Å². The molecule has 8 heteroatoms. The first-order valence-corrected chi connectivity index (χ1v) is 10.7. The molecule has 0 saturated heterocycles. The molecular formula is C23H35N3O5. The van der Waals surface area contributed by atoms with Crippen molar-refractivity contribution < 1.29 is 24.2 Å². The monoisotopic (exact) mass is 433 g/mol. The molecule has 31 heavy (non-hydrogen) atoms. The van der Waals surface area contributed by atoms with Gasteiger partial charge in [-0.05, 0) is 78.5 Å². The van der Waals surface area contributed by atoms with Crippen molar-refractivity contribution in [3.63, 3.8) is 0 Å². The highest BCUT2D eigenvalue weighted by Crippen LogP contribution is 2.34. The van der Waals surface area contributed by atoms with Gasteiger partial charge in [-0.25, -0.2) is 4.79 Å². The van der Waals surface area contributed by atoms with Gasteiger partial charge in [0.1, 0.15) is 23.9 Å². The third-order valence-corrected chi connectivity index (χ3v) is 4.75. The number of nitrogens with one attached hydrogen (secondary N) is 2. The van der Waals surface area contributed by atoms with Crippen LogP contribution in [0.5, 0.6) is 5.75 Å². The normalized spacial score (nSPS) is 15.4. The SMILES string of the molecule is CC(C)(C)NC(=O)C(c1cccc(O)c1)N(C(=O)CNC(=O)OC(C)(C)C)C1CCC1. The molecule has 1 fully saturated rings. The van der Waals surface area contributed by atoms with Crippen LogP contribution in [-0.4, -0.2) is 51.6 Å². The third-order valence-electron chi connectivity index (χ3n) is 4.75. The van der Waals surface area contributed by atoms with E-state index in [9.17, 15) is 19.5 Å². The van der Waals surface area contributed by atoms with E-state index in [1.165, 1.54) is 17.0 Å². The Balaban J connectivity index is 2.31. The molecule has 2 rings (SSSR count). The first kappa shape index (κ1) is 24.5. The van der Waals surface area contributed by atoms with Crippen molar-refractivity contribution >= 4 is 17.9 Å². The Hall–Kier alpha value is -2.77. The Morgan fingerprint density at radius 2 is 1.81 bits per heavy atom. The lowest BCUT2D eigenvalue weighted by atomic mass is 9.88. The number of hydrogen-bond acceptors (Lipinski definition) is 5. The highest BCUT2D eigenvalue weighted by Gasteiger charge is 2.39. The smallest absolute Gasteiger partial charge is 0.408 e. The van der Waals surface area contributed by atoms with Gasteiger partial charge in [0.05, 0.1) is 0 Å². The van der Waals surface area contributed by atoms with Gasteiger partial charge in [0.25, 0.3) is 0 Å². The van der Waals surface area contributed by atoms with Gasteiger partial charge >= 0.3 is 6.09 Å². The van der Waals surface area contributed by atoms with E-state index < -0.39 is 23.3 Å².